The predicted octanol–water partition coefficient (Wildman–Crippen LogP) is 3.05. The van der Waals surface area contributed by atoms with Crippen LogP contribution in [0.2, 0.25) is 5.02 Å². The molecule has 6 nitrogen and oxygen atoms in total. The van der Waals surface area contributed by atoms with Gasteiger partial charge in [-0.2, -0.15) is 0 Å². The normalized spacial score (nSPS) is 11.4. The number of likely N-dealkylation sites (N-methyl/N-ethyl adjacent to an activating group) is 1. The van der Waals surface area contributed by atoms with Crippen molar-refractivity contribution in [2.75, 3.05) is 13.2 Å². The van der Waals surface area contributed by atoms with Gasteiger partial charge in [0, 0.05) is 13.1 Å². The molecule has 28 heavy (non-hydrogen) atoms. The summed E-state index contributed by atoms with van der Waals surface area (Å²) in [6.07, 6.45) is 0. The fourth-order valence-corrected chi connectivity index (χ4v) is 2.73. The van der Waals surface area contributed by atoms with Crippen molar-refractivity contribution < 1.29 is 19.1 Å². The lowest BCUT2D eigenvalue weighted by Gasteiger charge is -2.21. The maximum Gasteiger partial charge on any atom is 0.328 e. The molecule has 0 heterocycles. The van der Waals surface area contributed by atoms with E-state index in [1.807, 2.05) is 37.3 Å². The summed E-state index contributed by atoms with van der Waals surface area (Å²) in [5.74, 6) is -1.48. The van der Waals surface area contributed by atoms with Gasteiger partial charge in [0.1, 0.15) is 6.04 Å². The lowest BCUT2D eigenvalue weighted by atomic mass is 10.2. The van der Waals surface area contributed by atoms with Crippen LogP contribution in [-0.4, -0.2) is 41.9 Å². The number of hydrogen-bond acceptors (Lipinski definition) is 4. The number of carbonyl (C=O) groups is 3. The zero-order valence-corrected chi connectivity index (χ0v) is 16.6. The van der Waals surface area contributed by atoms with Gasteiger partial charge in [-0.25, -0.2) is 4.79 Å². The number of ether oxygens (including phenoxy) is 1. The quantitative estimate of drug-likeness (QED) is 0.688. The van der Waals surface area contributed by atoms with Crippen LogP contribution >= 0.6 is 11.6 Å². The number of rotatable bonds is 8. The Bertz CT molecular complexity index is 826. The number of amides is 2. The first-order valence-electron chi connectivity index (χ1n) is 8.96. The van der Waals surface area contributed by atoms with Crippen LogP contribution in [-0.2, 0) is 20.9 Å². The molecule has 148 valence electrons. The molecule has 0 fully saturated rings. The van der Waals surface area contributed by atoms with Crippen LogP contribution in [0.3, 0.4) is 0 Å². The smallest absolute Gasteiger partial charge is 0.328 e. The molecule has 2 rings (SSSR count). The monoisotopic (exact) mass is 402 g/mol. The second kappa shape index (κ2) is 10.5. The molecule has 0 aromatic heterocycles. The Morgan fingerprint density at radius 1 is 1.07 bits per heavy atom. The number of hydrogen-bond donors (Lipinski definition) is 1. The maximum atomic E-state index is 12.3. The highest BCUT2D eigenvalue weighted by molar-refractivity contribution is 6.33. The van der Waals surface area contributed by atoms with Crippen LogP contribution < -0.4 is 5.32 Å². The van der Waals surface area contributed by atoms with E-state index < -0.39 is 17.9 Å². The van der Waals surface area contributed by atoms with Crippen molar-refractivity contribution >= 4 is 29.4 Å². The third-order valence-corrected chi connectivity index (χ3v) is 4.44. The van der Waals surface area contributed by atoms with Gasteiger partial charge in [-0.1, -0.05) is 54.1 Å². The first kappa shape index (κ1) is 21.4. The number of nitrogens with zero attached hydrogens (tertiary/aromatic N) is 1. The molecule has 0 radical (unpaired) electrons. The number of halogens is 1. The molecule has 2 aromatic carbocycles. The van der Waals surface area contributed by atoms with Gasteiger partial charge in [0.05, 0.1) is 10.6 Å². The molecule has 0 spiro atoms. The third-order valence-electron chi connectivity index (χ3n) is 4.11. The van der Waals surface area contributed by atoms with Crippen molar-refractivity contribution in [3.63, 3.8) is 0 Å². The predicted molar refractivity (Wildman–Crippen MR) is 107 cm³/mol. The van der Waals surface area contributed by atoms with Crippen LogP contribution in [0.25, 0.3) is 0 Å². The van der Waals surface area contributed by atoms with Gasteiger partial charge in [-0.3, -0.25) is 9.59 Å². The van der Waals surface area contributed by atoms with Gasteiger partial charge in [-0.05, 0) is 31.5 Å². The van der Waals surface area contributed by atoms with E-state index in [1.165, 1.54) is 6.92 Å². The van der Waals surface area contributed by atoms with Crippen LogP contribution in [0, 0.1) is 0 Å². The molecule has 0 saturated heterocycles. The van der Waals surface area contributed by atoms with E-state index in [-0.39, 0.29) is 23.1 Å². The zero-order chi connectivity index (χ0) is 20.5. The Labute approximate surface area is 169 Å². The molecule has 1 atom stereocenters. The zero-order valence-electron chi connectivity index (χ0n) is 15.9. The standard InChI is InChI=1S/C21H23ClN2O4/c1-3-24(13-16-9-5-4-6-10-16)19(25)14-28-21(27)15(2)23-20(26)17-11-7-8-12-18(17)22/h4-12,15H,3,13-14H2,1-2H3,(H,23,26)/t15-/m0/s1. The topological polar surface area (TPSA) is 75.7 Å². The molecule has 0 aliphatic carbocycles. The van der Waals surface area contributed by atoms with Gasteiger partial charge >= 0.3 is 5.97 Å². The molecular weight excluding hydrogens is 380 g/mol. The Morgan fingerprint density at radius 2 is 1.71 bits per heavy atom. The van der Waals surface area contributed by atoms with E-state index in [4.69, 9.17) is 16.3 Å². The molecule has 0 saturated carbocycles. The molecule has 0 aliphatic heterocycles. The fraction of sp³-hybridized carbons (Fsp3) is 0.286. The molecule has 2 aromatic rings. The second-order valence-electron chi connectivity index (χ2n) is 6.18. The summed E-state index contributed by atoms with van der Waals surface area (Å²) in [6, 6.07) is 15.2. The minimum Gasteiger partial charge on any atom is -0.454 e. The summed E-state index contributed by atoms with van der Waals surface area (Å²) >= 11 is 5.97. The summed E-state index contributed by atoms with van der Waals surface area (Å²) in [5, 5.41) is 2.81. The van der Waals surface area contributed by atoms with Crippen molar-refractivity contribution in [3.05, 3.63) is 70.7 Å². The number of carbonyl (C=O) groups excluding carboxylic acids is 3. The van der Waals surface area contributed by atoms with E-state index in [0.717, 1.165) is 5.56 Å². The molecule has 1 N–H and O–H groups in total. The highest BCUT2D eigenvalue weighted by atomic mass is 35.5. The highest BCUT2D eigenvalue weighted by Crippen LogP contribution is 2.14. The van der Waals surface area contributed by atoms with Gasteiger partial charge < -0.3 is 15.0 Å². The van der Waals surface area contributed by atoms with E-state index >= 15 is 0 Å². The van der Waals surface area contributed by atoms with Crippen LogP contribution in [0.15, 0.2) is 54.6 Å². The van der Waals surface area contributed by atoms with E-state index in [0.29, 0.717) is 13.1 Å². The minimum absolute atomic E-state index is 0.264. The third kappa shape index (κ3) is 6.09. The van der Waals surface area contributed by atoms with E-state index in [2.05, 4.69) is 5.32 Å². The fourth-order valence-electron chi connectivity index (χ4n) is 2.51. The summed E-state index contributed by atoms with van der Waals surface area (Å²) in [5.41, 5.74) is 1.25. The maximum absolute atomic E-state index is 12.3. The Hall–Kier alpha value is -2.86. The summed E-state index contributed by atoms with van der Waals surface area (Å²) < 4.78 is 5.08. The van der Waals surface area contributed by atoms with Crippen LogP contribution in [0.4, 0.5) is 0 Å². The summed E-state index contributed by atoms with van der Waals surface area (Å²) in [6.45, 7) is 3.89. The first-order chi connectivity index (χ1) is 13.4. The molecule has 2 amide bonds. The van der Waals surface area contributed by atoms with Gasteiger partial charge in [-0.15, -0.1) is 0 Å². The van der Waals surface area contributed by atoms with E-state index in [9.17, 15) is 14.4 Å². The molecule has 0 aliphatic rings. The number of benzene rings is 2. The van der Waals surface area contributed by atoms with Crippen molar-refractivity contribution in [1.82, 2.24) is 10.2 Å². The minimum atomic E-state index is -0.916. The van der Waals surface area contributed by atoms with Crippen molar-refractivity contribution in [3.8, 4) is 0 Å². The lowest BCUT2D eigenvalue weighted by Crippen LogP contribution is -2.41. The molecular formula is C21H23ClN2O4. The van der Waals surface area contributed by atoms with Gasteiger partial charge in [0.2, 0.25) is 0 Å². The van der Waals surface area contributed by atoms with Gasteiger partial charge in [0.15, 0.2) is 6.61 Å². The SMILES string of the molecule is CCN(Cc1ccccc1)C(=O)COC(=O)[C@H](C)NC(=O)c1ccccc1Cl. The van der Waals surface area contributed by atoms with Gasteiger partial charge in [0.25, 0.3) is 11.8 Å². The second-order valence-corrected chi connectivity index (χ2v) is 6.58. The first-order valence-corrected chi connectivity index (χ1v) is 9.34. The number of nitrogens with one attached hydrogen (secondary N) is 1. The Morgan fingerprint density at radius 3 is 2.36 bits per heavy atom. The summed E-state index contributed by atoms with van der Waals surface area (Å²) in [7, 11) is 0. The van der Waals surface area contributed by atoms with Crippen molar-refractivity contribution in [2.24, 2.45) is 0 Å². The average molecular weight is 403 g/mol. The van der Waals surface area contributed by atoms with Crippen molar-refractivity contribution in [2.45, 2.75) is 26.4 Å². The number of esters is 1. The highest BCUT2D eigenvalue weighted by Gasteiger charge is 2.21. The van der Waals surface area contributed by atoms with Crippen LogP contribution in [0.1, 0.15) is 29.8 Å². The Kier molecular flexibility index (Phi) is 8.02. The van der Waals surface area contributed by atoms with E-state index in [1.54, 1.807) is 29.2 Å². The van der Waals surface area contributed by atoms with Crippen LogP contribution in [0.5, 0.6) is 0 Å². The van der Waals surface area contributed by atoms with Crippen molar-refractivity contribution in [1.29, 1.82) is 0 Å². The lowest BCUT2D eigenvalue weighted by molar-refractivity contribution is -0.153. The summed E-state index contributed by atoms with van der Waals surface area (Å²) in [4.78, 5) is 38.3. The Balaban J connectivity index is 1.85. The average Bonchev–Trinajstić information content (AvgIpc) is 2.70. The molecule has 0 bridgehead atoms. The molecule has 0 unspecified atom stereocenters. The molecule has 7 heteroatoms. The largest absolute Gasteiger partial charge is 0.454 e.